The Labute approximate surface area is 114 Å². The van der Waals surface area contributed by atoms with Gasteiger partial charge in [0.15, 0.2) is 0 Å². The summed E-state index contributed by atoms with van der Waals surface area (Å²) in [5.41, 5.74) is 0.276. The minimum absolute atomic E-state index is 0.0528. The molecule has 1 amide bonds. The molecule has 0 unspecified atom stereocenters. The highest BCUT2D eigenvalue weighted by Crippen LogP contribution is 2.28. The van der Waals surface area contributed by atoms with Gasteiger partial charge in [-0.15, -0.1) is 0 Å². The minimum Gasteiger partial charge on any atom is -0.387 e. The lowest BCUT2D eigenvalue weighted by Crippen LogP contribution is -2.65. The summed E-state index contributed by atoms with van der Waals surface area (Å²) < 4.78 is 0. The van der Waals surface area contributed by atoms with Crippen LogP contribution in [-0.4, -0.2) is 48.2 Å². The normalized spacial score (nSPS) is 18.2. The van der Waals surface area contributed by atoms with Gasteiger partial charge >= 0.3 is 0 Å². The lowest BCUT2D eigenvalue weighted by molar-refractivity contribution is -0.140. The molecule has 1 aliphatic rings. The molecule has 0 spiro atoms. The Bertz CT molecular complexity index is 439. The van der Waals surface area contributed by atoms with Crippen LogP contribution in [0.1, 0.15) is 13.8 Å². The highest BCUT2D eigenvalue weighted by molar-refractivity contribution is 5.94. The first-order chi connectivity index (χ1) is 8.92. The quantitative estimate of drug-likeness (QED) is 0.891. The highest BCUT2D eigenvalue weighted by atomic mass is 16.3. The zero-order valence-corrected chi connectivity index (χ0v) is 11.8. The molecule has 0 atom stereocenters. The molecule has 1 aliphatic heterocycles. The molecular weight excluding hydrogens is 240 g/mol. The Morgan fingerprint density at radius 3 is 2.47 bits per heavy atom. The number of amides is 1. The third-order valence-electron chi connectivity index (χ3n) is 3.95. The van der Waals surface area contributed by atoms with E-state index in [-0.39, 0.29) is 11.8 Å². The van der Waals surface area contributed by atoms with Gasteiger partial charge in [-0.1, -0.05) is 32.0 Å². The van der Waals surface area contributed by atoms with Crippen molar-refractivity contribution in [2.24, 2.45) is 5.92 Å². The Morgan fingerprint density at radius 1 is 1.37 bits per heavy atom. The van der Waals surface area contributed by atoms with E-state index >= 15 is 0 Å². The average molecular weight is 262 g/mol. The van der Waals surface area contributed by atoms with E-state index in [1.807, 2.05) is 49.1 Å². The van der Waals surface area contributed by atoms with Crippen LogP contribution in [0.3, 0.4) is 0 Å². The van der Waals surface area contributed by atoms with E-state index in [0.717, 1.165) is 5.69 Å². The molecule has 19 heavy (non-hydrogen) atoms. The summed E-state index contributed by atoms with van der Waals surface area (Å²) in [6, 6.07) is 9.59. The fourth-order valence-electron chi connectivity index (χ4n) is 2.30. The highest BCUT2D eigenvalue weighted by Gasteiger charge is 2.44. The second-order valence-corrected chi connectivity index (χ2v) is 5.69. The fraction of sp³-hybridized carbons (Fsp3) is 0.533. The number of nitrogens with zero attached hydrogens (tertiary/aromatic N) is 2. The molecule has 1 fully saturated rings. The maximum Gasteiger partial charge on any atom is 0.240 e. The van der Waals surface area contributed by atoms with E-state index < -0.39 is 5.60 Å². The number of hydrogen-bond acceptors (Lipinski definition) is 3. The molecule has 2 rings (SSSR count). The van der Waals surface area contributed by atoms with Crippen molar-refractivity contribution in [1.82, 2.24) is 4.90 Å². The molecule has 0 saturated carbocycles. The number of rotatable bonds is 4. The number of aliphatic hydroxyl groups is 1. The zero-order valence-electron chi connectivity index (χ0n) is 11.8. The van der Waals surface area contributed by atoms with Gasteiger partial charge in [-0.3, -0.25) is 9.69 Å². The van der Waals surface area contributed by atoms with Crippen molar-refractivity contribution >= 4 is 11.6 Å². The fourth-order valence-corrected chi connectivity index (χ4v) is 2.30. The van der Waals surface area contributed by atoms with Crippen LogP contribution in [0.25, 0.3) is 0 Å². The molecular formula is C15H22N2O2. The predicted molar refractivity (Wildman–Crippen MR) is 76.1 cm³/mol. The van der Waals surface area contributed by atoms with Crippen LogP contribution < -0.4 is 4.90 Å². The molecule has 1 aromatic carbocycles. The molecule has 0 aliphatic carbocycles. The summed E-state index contributed by atoms with van der Waals surface area (Å²) >= 11 is 0. The Kier molecular flexibility index (Phi) is 3.92. The molecule has 0 bridgehead atoms. The van der Waals surface area contributed by atoms with Gasteiger partial charge in [0, 0.05) is 25.8 Å². The number of para-hydroxylation sites is 1. The number of likely N-dealkylation sites (N-methyl/N-ethyl adjacent to an activating group) is 1. The third-order valence-corrected chi connectivity index (χ3v) is 3.95. The number of carbonyl (C=O) groups is 1. The topological polar surface area (TPSA) is 43.8 Å². The number of β-amino-alcohol motifs (C(OH)–C–C–N with tert-alkyl or cyclic N) is 1. The third kappa shape index (κ3) is 2.96. The van der Waals surface area contributed by atoms with Crippen molar-refractivity contribution in [1.29, 1.82) is 0 Å². The number of hydrogen-bond donors (Lipinski definition) is 1. The average Bonchev–Trinajstić information content (AvgIpc) is 2.36. The number of benzene rings is 1. The van der Waals surface area contributed by atoms with Crippen LogP contribution in [0.5, 0.6) is 0 Å². The largest absolute Gasteiger partial charge is 0.387 e. The van der Waals surface area contributed by atoms with E-state index in [9.17, 15) is 9.90 Å². The lowest BCUT2D eigenvalue weighted by Gasteiger charge is -2.49. The van der Waals surface area contributed by atoms with Gasteiger partial charge in [0.1, 0.15) is 0 Å². The first-order valence-electron chi connectivity index (χ1n) is 6.69. The van der Waals surface area contributed by atoms with Crippen LogP contribution in [0, 0.1) is 5.92 Å². The lowest BCUT2D eigenvalue weighted by atomic mass is 9.83. The van der Waals surface area contributed by atoms with Crippen LogP contribution in [0.2, 0.25) is 0 Å². The molecule has 1 aromatic rings. The van der Waals surface area contributed by atoms with Crippen molar-refractivity contribution < 1.29 is 9.90 Å². The second kappa shape index (κ2) is 5.31. The maximum absolute atomic E-state index is 12.1. The van der Waals surface area contributed by atoms with Crippen molar-refractivity contribution in [3.05, 3.63) is 30.3 Å². The molecule has 1 N–H and O–H groups in total. The van der Waals surface area contributed by atoms with Crippen LogP contribution in [0.15, 0.2) is 30.3 Å². The molecule has 1 heterocycles. The summed E-state index contributed by atoms with van der Waals surface area (Å²) in [6.45, 7) is 5.54. The van der Waals surface area contributed by atoms with Crippen molar-refractivity contribution in [3.8, 4) is 0 Å². The molecule has 104 valence electrons. The van der Waals surface area contributed by atoms with Gasteiger partial charge in [0.25, 0.3) is 0 Å². The smallest absolute Gasteiger partial charge is 0.240 e. The Balaban J connectivity index is 1.87. The zero-order chi connectivity index (χ0) is 14.0. The first-order valence-corrected chi connectivity index (χ1v) is 6.69. The van der Waals surface area contributed by atoms with Crippen LogP contribution in [-0.2, 0) is 4.79 Å². The van der Waals surface area contributed by atoms with Crippen LogP contribution in [0.4, 0.5) is 5.69 Å². The van der Waals surface area contributed by atoms with Crippen LogP contribution >= 0.6 is 0 Å². The van der Waals surface area contributed by atoms with Gasteiger partial charge in [-0.25, -0.2) is 0 Å². The predicted octanol–water partition coefficient (Wildman–Crippen LogP) is 1.35. The summed E-state index contributed by atoms with van der Waals surface area (Å²) in [5, 5.41) is 10.2. The van der Waals surface area contributed by atoms with E-state index in [1.54, 1.807) is 11.9 Å². The minimum atomic E-state index is -0.619. The number of anilines is 1. The van der Waals surface area contributed by atoms with Gasteiger partial charge in [-0.05, 0) is 18.1 Å². The molecule has 0 radical (unpaired) electrons. The SMILES string of the molecule is CC(C)C1(O)CN(CC(=O)N(C)c2ccccc2)C1. The summed E-state index contributed by atoms with van der Waals surface area (Å²) in [4.78, 5) is 15.8. The van der Waals surface area contributed by atoms with E-state index in [1.165, 1.54) is 0 Å². The van der Waals surface area contributed by atoms with E-state index in [2.05, 4.69) is 0 Å². The van der Waals surface area contributed by atoms with Gasteiger partial charge in [-0.2, -0.15) is 0 Å². The van der Waals surface area contributed by atoms with Gasteiger partial charge in [0.2, 0.25) is 5.91 Å². The molecule has 0 aromatic heterocycles. The first kappa shape index (κ1) is 14.0. The molecule has 4 nitrogen and oxygen atoms in total. The summed E-state index contributed by atoms with van der Waals surface area (Å²) in [7, 11) is 1.78. The van der Waals surface area contributed by atoms with Crippen molar-refractivity contribution in [2.75, 3.05) is 31.6 Å². The summed E-state index contributed by atoms with van der Waals surface area (Å²) in [6.07, 6.45) is 0. The Morgan fingerprint density at radius 2 is 1.95 bits per heavy atom. The Hall–Kier alpha value is -1.39. The second-order valence-electron chi connectivity index (χ2n) is 5.69. The van der Waals surface area contributed by atoms with Gasteiger partial charge in [0.05, 0.1) is 12.1 Å². The standard InChI is InChI=1S/C15H22N2O2/c1-12(2)15(19)10-17(11-15)9-14(18)16(3)13-7-5-4-6-8-13/h4-8,12,19H,9-11H2,1-3H3. The number of likely N-dealkylation sites (tertiary alicyclic amines) is 1. The molecule has 4 heteroatoms. The van der Waals surface area contributed by atoms with Gasteiger partial charge < -0.3 is 10.0 Å². The summed E-state index contributed by atoms with van der Waals surface area (Å²) in [5.74, 6) is 0.280. The number of carbonyl (C=O) groups excluding carboxylic acids is 1. The van der Waals surface area contributed by atoms with E-state index in [0.29, 0.717) is 19.6 Å². The van der Waals surface area contributed by atoms with Crippen molar-refractivity contribution in [3.63, 3.8) is 0 Å². The monoisotopic (exact) mass is 262 g/mol. The maximum atomic E-state index is 12.1. The van der Waals surface area contributed by atoms with Crippen molar-refractivity contribution in [2.45, 2.75) is 19.4 Å². The molecule has 1 saturated heterocycles. The van der Waals surface area contributed by atoms with E-state index in [4.69, 9.17) is 0 Å².